The number of pyridine rings is 1. The molecule has 2 amide bonds. The van der Waals surface area contributed by atoms with E-state index in [2.05, 4.69) is 15.3 Å². The number of nitrogens with zero attached hydrogens (tertiary/aromatic N) is 4. The summed E-state index contributed by atoms with van der Waals surface area (Å²) in [6, 6.07) is 16.7. The smallest absolute Gasteiger partial charge is 0.249 e. The number of nitrogens with one attached hydrogen (secondary N) is 1. The first-order chi connectivity index (χ1) is 16.3. The van der Waals surface area contributed by atoms with Crippen LogP contribution in [0.1, 0.15) is 22.4 Å². The molecule has 2 aromatic carbocycles. The number of anilines is 1. The van der Waals surface area contributed by atoms with Gasteiger partial charge in [-0.25, -0.2) is 4.98 Å². The van der Waals surface area contributed by atoms with Crippen LogP contribution in [0.3, 0.4) is 0 Å². The highest BCUT2D eigenvalue weighted by atomic mass is 16.2. The van der Waals surface area contributed by atoms with Gasteiger partial charge in [0.15, 0.2) is 0 Å². The minimum Gasteiger partial charge on any atom is -0.342 e. The van der Waals surface area contributed by atoms with Gasteiger partial charge in [-0.05, 0) is 61.7 Å². The molecule has 0 fully saturated rings. The second-order valence-electron chi connectivity index (χ2n) is 8.66. The lowest BCUT2D eigenvalue weighted by molar-refractivity contribution is -0.127. The van der Waals surface area contributed by atoms with Crippen LogP contribution < -0.4 is 10.2 Å². The molecule has 2 heterocycles. The average molecular weight is 456 g/mol. The van der Waals surface area contributed by atoms with Crippen LogP contribution >= 0.6 is 0 Å². The molecule has 4 rings (SSSR count). The minimum atomic E-state index is -0.722. The number of aromatic nitrogens is 3. The molecule has 1 N–H and O–H groups in total. The molecular formula is C27H29N5O2. The number of fused-ring (bicyclic) bond motifs is 1. The molecule has 174 valence electrons. The number of carbonyl (C=O) groups excluding carboxylic acids is 2. The van der Waals surface area contributed by atoms with Crippen LogP contribution in [0.2, 0.25) is 0 Å². The monoisotopic (exact) mass is 455 g/mol. The van der Waals surface area contributed by atoms with Crippen LogP contribution in [-0.2, 0) is 22.6 Å². The molecule has 0 spiro atoms. The van der Waals surface area contributed by atoms with Gasteiger partial charge in [0, 0.05) is 19.2 Å². The van der Waals surface area contributed by atoms with E-state index in [0.29, 0.717) is 12.1 Å². The number of rotatable bonds is 7. The summed E-state index contributed by atoms with van der Waals surface area (Å²) in [4.78, 5) is 36.8. The second kappa shape index (κ2) is 9.87. The lowest BCUT2D eigenvalue weighted by Crippen LogP contribution is -2.49. The summed E-state index contributed by atoms with van der Waals surface area (Å²) >= 11 is 0. The number of carbonyl (C=O) groups is 2. The largest absolute Gasteiger partial charge is 0.342 e. The normalized spacial score (nSPS) is 11.9. The summed E-state index contributed by atoms with van der Waals surface area (Å²) < 4.78 is 1.81. The molecule has 0 aliphatic rings. The van der Waals surface area contributed by atoms with Crippen LogP contribution in [0.25, 0.3) is 11.0 Å². The number of likely N-dealkylation sites (N-methyl/N-ethyl adjacent to an activating group) is 1. The highest BCUT2D eigenvalue weighted by molar-refractivity contribution is 5.99. The van der Waals surface area contributed by atoms with E-state index in [1.54, 1.807) is 24.5 Å². The Morgan fingerprint density at radius 2 is 1.74 bits per heavy atom. The summed E-state index contributed by atoms with van der Waals surface area (Å²) in [5, 5.41) is 2.96. The van der Waals surface area contributed by atoms with Crippen molar-refractivity contribution >= 4 is 28.5 Å². The van der Waals surface area contributed by atoms with Gasteiger partial charge in [-0.15, -0.1) is 0 Å². The number of imidazole rings is 1. The first kappa shape index (κ1) is 23.2. The minimum absolute atomic E-state index is 0.0768. The zero-order chi connectivity index (χ0) is 24.2. The Bertz CT molecular complexity index is 1310. The van der Waals surface area contributed by atoms with Crippen molar-refractivity contribution in [3.8, 4) is 0 Å². The molecule has 0 saturated carbocycles. The third-order valence-corrected chi connectivity index (χ3v) is 6.08. The fourth-order valence-electron chi connectivity index (χ4n) is 3.90. The maximum absolute atomic E-state index is 13.4. The van der Waals surface area contributed by atoms with Crippen LogP contribution in [0.5, 0.6) is 0 Å². The summed E-state index contributed by atoms with van der Waals surface area (Å²) in [7, 11) is 1.70. The molecule has 0 radical (unpaired) electrons. The Kier molecular flexibility index (Phi) is 6.72. The molecule has 4 aromatic rings. The van der Waals surface area contributed by atoms with Gasteiger partial charge >= 0.3 is 0 Å². The van der Waals surface area contributed by atoms with Crippen molar-refractivity contribution in [1.82, 2.24) is 19.9 Å². The fraction of sp³-hybridized carbons (Fsp3) is 0.259. The molecule has 34 heavy (non-hydrogen) atoms. The molecule has 0 saturated heterocycles. The molecule has 0 unspecified atom stereocenters. The summed E-state index contributed by atoms with van der Waals surface area (Å²) in [5.74, 6) is -0.452. The molecule has 0 aliphatic carbocycles. The van der Waals surface area contributed by atoms with Crippen molar-refractivity contribution in [3.05, 3.63) is 89.5 Å². The SMILES string of the molecule is Cc1ccc(N(C)C(=O)[C@H](Cc2ccccc2)NC(=O)Cn2cnc3cc(C)c(C)cc32)cn1. The number of hydrogen-bond acceptors (Lipinski definition) is 4. The predicted molar refractivity (Wildman–Crippen MR) is 134 cm³/mol. The van der Waals surface area contributed by atoms with Crippen LogP contribution in [0.4, 0.5) is 5.69 Å². The second-order valence-corrected chi connectivity index (χ2v) is 8.66. The Hall–Kier alpha value is -4.00. The Morgan fingerprint density at radius 3 is 2.44 bits per heavy atom. The van der Waals surface area contributed by atoms with Gasteiger partial charge in [-0.1, -0.05) is 30.3 Å². The van der Waals surface area contributed by atoms with E-state index in [4.69, 9.17) is 0 Å². The van der Waals surface area contributed by atoms with Crippen molar-refractivity contribution in [2.45, 2.75) is 39.8 Å². The van der Waals surface area contributed by atoms with E-state index in [1.165, 1.54) is 0 Å². The van der Waals surface area contributed by atoms with Gasteiger partial charge in [0.2, 0.25) is 11.8 Å². The van der Waals surface area contributed by atoms with Crippen molar-refractivity contribution in [2.75, 3.05) is 11.9 Å². The Morgan fingerprint density at radius 1 is 1.00 bits per heavy atom. The highest BCUT2D eigenvalue weighted by Crippen LogP contribution is 2.19. The quantitative estimate of drug-likeness (QED) is 0.460. The van der Waals surface area contributed by atoms with Gasteiger partial charge in [0.25, 0.3) is 0 Å². The van der Waals surface area contributed by atoms with E-state index in [1.807, 2.05) is 79.9 Å². The zero-order valence-corrected chi connectivity index (χ0v) is 19.9. The van der Waals surface area contributed by atoms with Crippen LogP contribution in [0, 0.1) is 20.8 Å². The highest BCUT2D eigenvalue weighted by Gasteiger charge is 2.25. The Balaban J connectivity index is 1.55. The Labute approximate surface area is 199 Å². The van der Waals surface area contributed by atoms with E-state index >= 15 is 0 Å². The molecule has 2 aromatic heterocycles. The van der Waals surface area contributed by atoms with Crippen molar-refractivity contribution in [3.63, 3.8) is 0 Å². The van der Waals surface area contributed by atoms with Gasteiger partial charge < -0.3 is 14.8 Å². The zero-order valence-electron chi connectivity index (χ0n) is 19.9. The third-order valence-electron chi connectivity index (χ3n) is 6.08. The molecule has 0 bridgehead atoms. The first-order valence-corrected chi connectivity index (χ1v) is 11.3. The van der Waals surface area contributed by atoms with Crippen molar-refractivity contribution in [1.29, 1.82) is 0 Å². The standard InChI is InChI=1S/C27H29N5O2/c1-18-12-23-25(13-19(18)2)32(17-29-23)16-26(33)30-24(14-21-8-6-5-7-9-21)27(34)31(4)22-11-10-20(3)28-15-22/h5-13,15,17,24H,14,16H2,1-4H3,(H,30,33)/t24-/m0/s1. The number of benzene rings is 2. The topological polar surface area (TPSA) is 80.1 Å². The summed E-state index contributed by atoms with van der Waals surface area (Å²) in [5.41, 5.74) is 6.55. The van der Waals surface area contributed by atoms with E-state index in [9.17, 15) is 9.59 Å². The maximum atomic E-state index is 13.4. The molecule has 7 heteroatoms. The van der Waals surface area contributed by atoms with E-state index < -0.39 is 6.04 Å². The van der Waals surface area contributed by atoms with Crippen LogP contribution in [-0.4, -0.2) is 39.4 Å². The number of hydrogen-bond donors (Lipinski definition) is 1. The number of amides is 2. The van der Waals surface area contributed by atoms with Gasteiger partial charge in [-0.3, -0.25) is 14.6 Å². The van der Waals surface area contributed by atoms with Gasteiger partial charge in [-0.2, -0.15) is 0 Å². The van der Waals surface area contributed by atoms with Crippen LogP contribution in [0.15, 0.2) is 67.1 Å². The molecule has 0 aliphatic heterocycles. The van der Waals surface area contributed by atoms with E-state index in [0.717, 1.165) is 33.4 Å². The lowest BCUT2D eigenvalue weighted by Gasteiger charge is -2.25. The molecule has 7 nitrogen and oxygen atoms in total. The molecule has 1 atom stereocenters. The van der Waals surface area contributed by atoms with Gasteiger partial charge in [0.1, 0.15) is 12.6 Å². The van der Waals surface area contributed by atoms with E-state index in [-0.39, 0.29) is 18.4 Å². The van der Waals surface area contributed by atoms with Crippen molar-refractivity contribution in [2.24, 2.45) is 0 Å². The summed E-state index contributed by atoms with van der Waals surface area (Å²) in [6.07, 6.45) is 3.72. The fourth-order valence-corrected chi connectivity index (χ4v) is 3.90. The average Bonchev–Trinajstić information content (AvgIpc) is 3.20. The first-order valence-electron chi connectivity index (χ1n) is 11.3. The predicted octanol–water partition coefficient (Wildman–Crippen LogP) is 3.75. The van der Waals surface area contributed by atoms with Gasteiger partial charge in [0.05, 0.1) is 29.2 Å². The maximum Gasteiger partial charge on any atom is 0.249 e. The lowest BCUT2D eigenvalue weighted by atomic mass is 10.0. The third kappa shape index (κ3) is 5.14. The summed E-state index contributed by atoms with van der Waals surface area (Å²) in [6.45, 7) is 6.05. The van der Waals surface area contributed by atoms with Crippen molar-refractivity contribution < 1.29 is 9.59 Å². The molecular weight excluding hydrogens is 426 g/mol. The number of aryl methyl sites for hydroxylation is 3.